The van der Waals surface area contributed by atoms with Crippen LogP contribution in [0.25, 0.3) is 10.9 Å². The Kier molecular flexibility index (Phi) is 4.21. The summed E-state index contributed by atoms with van der Waals surface area (Å²) in [4.78, 5) is 19.9. The van der Waals surface area contributed by atoms with Gasteiger partial charge >= 0.3 is 0 Å². The first kappa shape index (κ1) is 15.1. The zero-order valence-electron chi connectivity index (χ0n) is 13.8. The van der Waals surface area contributed by atoms with Gasteiger partial charge in [-0.15, -0.1) is 0 Å². The van der Waals surface area contributed by atoms with Gasteiger partial charge in [0.2, 0.25) is 0 Å². The number of aryl methyl sites for hydroxylation is 1. The number of nitrogens with one attached hydrogen (secondary N) is 2. The molecule has 4 heteroatoms. The maximum absolute atomic E-state index is 12.9. The van der Waals surface area contributed by atoms with E-state index in [4.69, 9.17) is 0 Å². The van der Waals surface area contributed by atoms with E-state index in [1.165, 1.54) is 32.4 Å². The van der Waals surface area contributed by atoms with Gasteiger partial charge in [0.25, 0.3) is 0 Å². The summed E-state index contributed by atoms with van der Waals surface area (Å²) >= 11 is 0. The van der Waals surface area contributed by atoms with Crippen molar-refractivity contribution in [1.29, 1.82) is 0 Å². The van der Waals surface area contributed by atoms with Crippen LogP contribution in [0.2, 0.25) is 0 Å². The molecular formula is C18H26N3O+. The number of hydrogen-bond donors (Lipinski definition) is 2. The highest BCUT2D eigenvalue weighted by Gasteiger charge is 2.18. The molecular weight excluding hydrogens is 274 g/mol. The van der Waals surface area contributed by atoms with E-state index in [0.29, 0.717) is 0 Å². The second-order valence-electron chi connectivity index (χ2n) is 6.67. The third-order valence-electron chi connectivity index (χ3n) is 4.80. The minimum atomic E-state index is 0.202. The molecule has 118 valence electrons. The normalized spacial score (nSPS) is 16.1. The fraction of sp³-hybridized carbons (Fsp3) is 0.500. The van der Waals surface area contributed by atoms with Crippen molar-refractivity contribution in [3.05, 3.63) is 39.7 Å². The largest absolute Gasteiger partial charge is 0.378 e. The Morgan fingerprint density at radius 3 is 2.59 bits per heavy atom. The number of benzene rings is 1. The van der Waals surface area contributed by atoms with Gasteiger partial charge in [0, 0.05) is 36.4 Å². The Hall–Kier alpha value is -1.81. The van der Waals surface area contributed by atoms with Crippen LogP contribution < -0.4 is 15.2 Å². The summed E-state index contributed by atoms with van der Waals surface area (Å²) in [5.41, 5.74) is 4.19. The number of likely N-dealkylation sites (tertiary alicyclic amines) is 1. The van der Waals surface area contributed by atoms with E-state index in [9.17, 15) is 4.79 Å². The third-order valence-corrected chi connectivity index (χ3v) is 4.80. The van der Waals surface area contributed by atoms with Crippen LogP contribution >= 0.6 is 0 Å². The molecule has 0 amide bonds. The van der Waals surface area contributed by atoms with Crippen molar-refractivity contribution in [2.24, 2.45) is 0 Å². The Bertz CT molecular complexity index is 727. The fourth-order valence-electron chi connectivity index (χ4n) is 3.41. The molecule has 0 spiro atoms. The maximum atomic E-state index is 12.9. The molecule has 1 aliphatic heterocycles. The van der Waals surface area contributed by atoms with Gasteiger partial charge in [-0.05, 0) is 44.4 Å². The number of aromatic nitrogens is 1. The molecule has 1 saturated heterocycles. The van der Waals surface area contributed by atoms with Crippen molar-refractivity contribution in [1.82, 2.24) is 4.98 Å². The number of quaternary nitrogens is 1. The van der Waals surface area contributed by atoms with Crippen LogP contribution in [0.1, 0.15) is 30.5 Å². The monoisotopic (exact) mass is 300 g/mol. The molecule has 3 rings (SSSR count). The zero-order valence-corrected chi connectivity index (χ0v) is 13.8. The van der Waals surface area contributed by atoms with Crippen LogP contribution in [0, 0.1) is 6.92 Å². The summed E-state index contributed by atoms with van der Waals surface area (Å²) in [6.07, 6.45) is 3.90. The highest BCUT2D eigenvalue weighted by Crippen LogP contribution is 2.18. The number of pyridine rings is 1. The lowest BCUT2D eigenvalue weighted by Gasteiger charge is -2.24. The predicted molar refractivity (Wildman–Crippen MR) is 91.9 cm³/mol. The second-order valence-corrected chi connectivity index (χ2v) is 6.67. The Balaban J connectivity index is 2.03. The van der Waals surface area contributed by atoms with Gasteiger partial charge in [-0.3, -0.25) is 4.79 Å². The van der Waals surface area contributed by atoms with Crippen molar-refractivity contribution >= 4 is 16.6 Å². The van der Waals surface area contributed by atoms with Crippen molar-refractivity contribution in [2.45, 2.75) is 32.7 Å². The van der Waals surface area contributed by atoms with Gasteiger partial charge in [0.05, 0.1) is 18.7 Å². The lowest BCUT2D eigenvalue weighted by atomic mass is 10.1. The molecule has 1 aliphatic rings. The number of fused-ring (bicyclic) bond motifs is 1. The van der Waals surface area contributed by atoms with Gasteiger partial charge in [-0.25, -0.2) is 0 Å². The average molecular weight is 300 g/mol. The van der Waals surface area contributed by atoms with Crippen LogP contribution in [0.3, 0.4) is 0 Å². The first-order chi connectivity index (χ1) is 10.6. The smallest absolute Gasteiger partial charge is 0.198 e. The quantitative estimate of drug-likeness (QED) is 0.901. The summed E-state index contributed by atoms with van der Waals surface area (Å²) in [6, 6.07) is 6.06. The summed E-state index contributed by atoms with van der Waals surface area (Å²) < 4.78 is 0. The van der Waals surface area contributed by atoms with E-state index < -0.39 is 0 Å². The van der Waals surface area contributed by atoms with E-state index in [-0.39, 0.29) is 5.43 Å². The Labute approximate surface area is 131 Å². The number of rotatable bonds is 3. The Morgan fingerprint density at radius 1 is 1.18 bits per heavy atom. The molecule has 0 aliphatic carbocycles. The molecule has 4 nitrogen and oxygen atoms in total. The van der Waals surface area contributed by atoms with Crippen LogP contribution in [0.15, 0.2) is 23.0 Å². The molecule has 0 saturated carbocycles. The minimum Gasteiger partial charge on any atom is -0.378 e. The first-order valence-corrected chi connectivity index (χ1v) is 8.22. The molecule has 0 unspecified atom stereocenters. The van der Waals surface area contributed by atoms with Gasteiger partial charge in [0.15, 0.2) is 5.43 Å². The third kappa shape index (κ3) is 2.88. The van der Waals surface area contributed by atoms with Gasteiger partial charge in [-0.2, -0.15) is 0 Å². The number of hydrogen-bond acceptors (Lipinski definition) is 2. The molecule has 1 aromatic heterocycles. The molecule has 0 radical (unpaired) electrons. The number of aromatic amines is 1. The number of H-pyrrole nitrogens is 1. The van der Waals surface area contributed by atoms with E-state index in [0.717, 1.165) is 34.4 Å². The van der Waals surface area contributed by atoms with Crippen LogP contribution in [0.4, 0.5) is 5.69 Å². The fourth-order valence-corrected chi connectivity index (χ4v) is 3.41. The summed E-state index contributed by atoms with van der Waals surface area (Å²) in [5.74, 6) is 0. The van der Waals surface area contributed by atoms with E-state index in [1.807, 2.05) is 44.1 Å². The zero-order chi connectivity index (χ0) is 15.7. The topological polar surface area (TPSA) is 40.5 Å². The van der Waals surface area contributed by atoms with E-state index in [2.05, 4.69) is 4.98 Å². The average Bonchev–Trinajstić information content (AvgIpc) is 2.52. The van der Waals surface area contributed by atoms with Crippen molar-refractivity contribution in [3.8, 4) is 0 Å². The maximum Gasteiger partial charge on any atom is 0.198 e. The minimum absolute atomic E-state index is 0.202. The summed E-state index contributed by atoms with van der Waals surface area (Å²) in [7, 11) is 4.00. The van der Waals surface area contributed by atoms with Crippen molar-refractivity contribution in [3.63, 3.8) is 0 Å². The van der Waals surface area contributed by atoms with Gasteiger partial charge in [-0.1, -0.05) is 0 Å². The summed E-state index contributed by atoms with van der Waals surface area (Å²) in [5, 5.41) is 0.809. The van der Waals surface area contributed by atoms with E-state index >= 15 is 0 Å². The molecule has 2 N–H and O–H groups in total. The number of anilines is 1. The lowest BCUT2D eigenvalue weighted by molar-refractivity contribution is -0.918. The summed E-state index contributed by atoms with van der Waals surface area (Å²) in [6.45, 7) is 5.26. The highest BCUT2D eigenvalue weighted by atomic mass is 16.1. The molecule has 2 aromatic rings. The molecule has 0 bridgehead atoms. The molecule has 0 atom stereocenters. The highest BCUT2D eigenvalue weighted by molar-refractivity contribution is 5.83. The SMILES string of the molecule is Cc1[nH]c2ccc(N(C)C)cc2c(=O)c1C[NH+]1CCCCC1. The van der Waals surface area contributed by atoms with Gasteiger partial charge in [0.1, 0.15) is 6.54 Å². The molecule has 22 heavy (non-hydrogen) atoms. The Morgan fingerprint density at radius 2 is 1.91 bits per heavy atom. The second kappa shape index (κ2) is 6.13. The van der Waals surface area contributed by atoms with E-state index in [1.54, 1.807) is 4.90 Å². The van der Waals surface area contributed by atoms with Gasteiger partial charge < -0.3 is 14.8 Å². The number of piperidine rings is 1. The predicted octanol–water partition coefficient (Wildman–Crippen LogP) is 1.47. The van der Waals surface area contributed by atoms with Crippen molar-refractivity contribution < 1.29 is 4.90 Å². The van der Waals surface area contributed by atoms with Crippen LogP contribution in [0.5, 0.6) is 0 Å². The van der Waals surface area contributed by atoms with Crippen LogP contribution in [-0.2, 0) is 6.54 Å². The first-order valence-electron chi connectivity index (χ1n) is 8.22. The lowest BCUT2D eigenvalue weighted by Crippen LogP contribution is -3.11. The molecule has 1 aromatic carbocycles. The molecule has 2 heterocycles. The standard InChI is InChI=1S/C18H25N3O/c1-13-16(12-21-9-5-4-6-10-21)18(22)15-11-14(20(2)3)7-8-17(15)19-13/h7-8,11H,4-6,9-10,12H2,1-3H3,(H,19,22)/p+1. The van der Waals surface area contributed by atoms with Crippen molar-refractivity contribution in [2.75, 3.05) is 32.1 Å². The molecule has 1 fully saturated rings. The number of nitrogens with zero attached hydrogens (tertiary/aromatic N) is 1. The van der Waals surface area contributed by atoms with Crippen LogP contribution in [-0.4, -0.2) is 32.2 Å².